The van der Waals surface area contributed by atoms with Crippen molar-refractivity contribution in [3.63, 3.8) is 0 Å². The molecule has 422 valence electrons. The van der Waals surface area contributed by atoms with Crippen molar-refractivity contribution in [1.29, 1.82) is 0 Å². The molecular weight excluding hydrogens is 951 g/mol. The van der Waals surface area contributed by atoms with Crippen LogP contribution in [0, 0.1) is 0 Å². The molecule has 0 heterocycles. The summed E-state index contributed by atoms with van der Waals surface area (Å²) >= 11 is 4.20. The molecule has 0 radical (unpaired) electrons. The number of aliphatic hydroxyl groups is 1. The van der Waals surface area contributed by atoms with Gasteiger partial charge in [-0.2, -0.15) is 12.6 Å². The highest BCUT2D eigenvalue weighted by Crippen LogP contribution is 2.40. The lowest BCUT2D eigenvalue weighted by molar-refractivity contribution is 0.112. The number of fused-ring (bicyclic) bond motifs is 2. The Kier molecular flexibility index (Phi) is 38.0. The molecule has 5 aromatic carbocycles. The lowest BCUT2D eigenvalue weighted by Crippen LogP contribution is -2.03. The highest BCUT2D eigenvalue weighted by molar-refractivity contribution is 7.80. The van der Waals surface area contributed by atoms with Crippen molar-refractivity contribution in [2.45, 2.75) is 247 Å². The standard InChI is InChI=1S/C31H54O3.C25H21NO.C12H26S.C2H6/c1-3-5-7-9-11-13-15-17-19-21-25-33-30-24-23-29(28-32)27-31(30)34-26-22-20-18-16-14-12-10-8-6-4-2;26-15-23-19-5-1-3-7-21(19)24(22-8-4-2-6-20(22)23)16-9-11-17(12-10-16)25(27)18-13-14-18;1-2-3-4-5-6-7-8-9-10-11-12-13;1-2/h23-24,27-28H,3-22,25-26H2,1-2H3;1-12,27H,13-15,26H2;13H,2-12H2,1H3;1-2H3. The van der Waals surface area contributed by atoms with Crippen molar-refractivity contribution in [2.24, 2.45) is 5.73 Å². The molecule has 6 rings (SSSR count). The summed E-state index contributed by atoms with van der Waals surface area (Å²) in [4.78, 5) is 11.2. The summed E-state index contributed by atoms with van der Waals surface area (Å²) in [5.74, 6) is 3.01. The van der Waals surface area contributed by atoms with Crippen molar-refractivity contribution in [1.82, 2.24) is 0 Å². The van der Waals surface area contributed by atoms with Gasteiger partial charge in [0.25, 0.3) is 0 Å². The third-order valence-electron chi connectivity index (χ3n) is 14.7. The highest BCUT2D eigenvalue weighted by atomic mass is 32.1. The first kappa shape index (κ1) is 66.0. The van der Waals surface area contributed by atoms with E-state index >= 15 is 0 Å². The van der Waals surface area contributed by atoms with Crippen LogP contribution >= 0.6 is 12.6 Å². The number of rotatable bonds is 38. The van der Waals surface area contributed by atoms with E-state index in [9.17, 15) is 9.90 Å². The van der Waals surface area contributed by atoms with E-state index in [1.807, 2.05) is 44.2 Å². The number of nitrogens with two attached hydrogens (primary N) is 1. The number of ether oxygens (including phenoxy) is 2. The van der Waals surface area contributed by atoms with Gasteiger partial charge in [-0.05, 0) is 99.9 Å². The predicted molar refractivity (Wildman–Crippen MR) is 337 cm³/mol. The lowest BCUT2D eigenvalue weighted by atomic mass is 9.88. The zero-order valence-corrected chi connectivity index (χ0v) is 49.8. The molecule has 3 N–H and O–H groups in total. The van der Waals surface area contributed by atoms with Gasteiger partial charge in [-0.15, -0.1) is 0 Å². The molecule has 0 bridgehead atoms. The van der Waals surface area contributed by atoms with Crippen LogP contribution in [-0.4, -0.2) is 30.4 Å². The van der Waals surface area contributed by atoms with Gasteiger partial charge in [0.05, 0.1) is 13.2 Å². The van der Waals surface area contributed by atoms with Crippen molar-refractivity contribution in [3.05, 3.63) is 113 Å². The molecule has 6 heteroatoms. The minimum absolute atomic E-state index is 0.453. The van der Waals surface area contributed by atoms with Crippen molar-refractivity contribution < 1.29 is 19.4 Å². The fourth-order valence-electron chi connectivity index (χ4n) is 10.0. The summed E-state index contributed by atoms with van der Waals surface area (Å²) in [7, 11) is 0. The molecule has 0 unspecified atom stereocenters. The van der Waals surface area contributed by atoms with Crippen molar-refractivity contribution in [2.75, 3.05) is 19.0 Å². The molecule has 1 aliphatic carbocycles. The van der Waals surface area contributed by atoms with Crippen LogP contribution in [-0.2, 0) is 6.54 Å². The number of carbonyl (C=O) groups excluding carboxylic acids is 1. The first-order valence-electron chi connectivity index (χ1n) is 31.1. The van der Waals surface area contributed by atoms with Crippen LogP contribution in [0.25, 0.3) is 38.4 Å². The number of hydrogen-bond donors (Lipinski definition) is 3. The monoisotopic (exact) mass is 1060 g/mol. The first-order valence-corrected chi connectivity index (χ1v) is 31.7. The van der Waals surface area contributed by atoms with E-state index in [0.29, 0.717) is 36.8 Å². The molecule has 0 saturated heterocycles. The number of benzene rings is 5. The van der Waals surface area contributed by atoms with Crippen LogP contribution in [0.2, 0.25) is 0 Å². The van der Waals surface area contributed by atoms with Crippen LogP contribution in [0.5, 0.6) is 11.5 Å². The summed E-state index contributed by atoms with van der Waals surface area (Å²) in [6, 6.07) is 30.8. The fraction of sp³-hybridized carbons (Fsp3) is 0.586. The van der Waals surface area contributed by atoms with E-state index < -0.39 is 0 Å². The SMILES string of the molecule is CC.CCCCCCCCCCCCOc1ccc(C=O)cc1OCCCCCCCCCCCC.CCCCCCCCCCCCS.NCc1c2ccccc2c(-c2ccc(C(O)=C3CC3)cc2)c2ccccc12. The fourth-order valence-corrected chi connectivity index (χ4v) is 10.2. The summed E-state index contributed by atoms with van der Waals surface area (Å²) in [5, 5.41) is 15.2. The van der Waals surface area contributed by atoms with Crippen LogP contribution in [0.1, 0.15) is 262 Å². The Morgan fingerprint density at radius 2 is 0.882 bits per heavy atom. The second-order valence-corrected chi connectivity index (χ2v) is 21.4. The van der Waals surface area contributed by atoms with Crippen LogP contribution in [0.3, 0.4) is 0 Å². The van der Waals surface area contributed by atoms with E-state index in [-0.39, 0.29) is 0 Å². The van der Waals surface area contributed by atoms with Gasteiger partial charge in [-0.3, -0.25) is 4.79 Å². The minimum Gasteiger partial charge on any atom is -0.507 e. The van der Waals surface area contributed by atoms with Crippen LogP contribution in [0.15, 0.2) is 96.6 Å². The zero-order chi connectivity index (χ0) is 54.7. The Morgan fingerprint density at radius 3 is 1.26 bits per heavy atom. The molecule has 0 amide bonds. The molecule has 76 heavy (non-hydrogen) atoms. The van der Waals surface area contributed by atoms with Gasteiger partial charge in [0.15, 0.2) is 11.5 Å². The largest absolute Gasteiger partial charge is 0.507 e. The van der Waals surface area contributed by atoms with Gasteiger partial charge >= 0.3 is 0 Å². The highest BCUT2D eigenvalue weighted by Gasteiger charge is 2.19. The third-order valence-corrected chi connectivity index (χ3v) is 15.0. The number of carbonyl (C=O) groups is 1. The zero-order valence-electron chi connectivity index (χ0n) is 48.9. The Hall–Kier alpha value is -4.26. The Bertz CT molecular complexity index is 2190. The lowest BCUT2D eigenvalue weighted by Gasteiger charge is -2.16. The molecule has 0 atom stereocenters. The van der Waals surface area contributed by atoms with E-state index in [0.717, 1.165) is 60.2 Å². The Balaban J connectivity index is 0.000000321. The predicted octanol–water partition coefficient (Wildman–Crippen LogP) is 22.1. The summed E-state index contributed by atoms with van der Waals surface area (Å²) in [5.41, 5.74) is 12.4. The molecule has 1 saturated carbocycles. The van der Waals surface area contributed by atoms with Gasteiger partial charge in [-0.1, -0.05) is 281 Å². The van der Waals surface area contributed by atoms with E-state index in [4.69, 9.17) is 15.2 Å². The van der Waals surface area contributed by atoms with Crippen molar-refractivity contribution in [3.8, 4) is 22.6 Å². The molecule has 1 fully saturated rings. The molecule has 5 nitrogen and oxygen atoms in total. The quantitative estimate of drug-likeness (QED) is 0.0121. The van der Waals surface area contributed by atoms with E-state index in [1.54, 1.807) is 0 Å². The van der Waals surface area contributed by atoms with Gasteiger partial charge in [0, 0.05) is 17.7 Å². The van der Waals surface area contributed by atoms with Gasteiger partial charge in [-0.25, -0.2) is 0 Å². The van der Waals surface area contributed by atoms with Gasteiger partial charge in [0.2, 0.25) is 0 Å². The van der Waals surface area contributed by atoms with E-state index in [1.165, 1.54) is 212 Å². The number of unbranched alkanes of at least 4 members (excludes halogenated alkanes) is 27. The Labute approximate surface area is 470 Å². The number of aldehydes is 1. The van der Waals surface area contributed by atoms with Crippen LogP contribution < -0.4 is 15.2 Å². The number of thiol groups is 1. The number of aliphatic hydroxyl groups excluding tert-OH is 1. The molecule has 0 aliphatic heterocycles. The average Bonchev–Trinajstić information content (AvgIpc) is 4.32. The Morgan fingerprint density at radius 1 is 0.500 bits per heavy atom. The second-order valence-electron chi connectivity index (χ2n) is 21.0. The summed E-state index contributed by atoms with van der Waals surface area (Å²) in [6.07, 6.45) is 43.4. The second kappa shape index (κ2) is 43.7. The number of allylic oxidation sites excluding steroid dienone is 1. The van der Waals surface area contributed by atoms with Gasteiger partial charge in [0.1, 0.15) is 12.0 Å². The molecule has 0 aromatic heterocycles. The molecule has 1 aliphatic rings. The average molecular weight is 1060 g/mol. The molecule has 0 spiro atoms. The molecular formula is C70H107NO4S. The van der Waals surface area contributed by atoms with Gasteiger partial charge < -0.3 is 20.3 Å². The number of hydrogen-bond acceptors (Lipinski definition) is 6. The topological polar surface area (TPSA) is 81.8 Å². The maximum Gasteiger partial charge on any atom is 0.161 e. The van der Waals surface area contributed by atoms with Crippen LogP contribution in [0.4, 0.5) is 0 Å². The summed E-state index contributed by atoms with van der Waals surface area (Å²) in [6.45, 7) is 12.7. The maximum absolute atomic E-state index is 11.2. The summed E-state index contributed by atoms with van der Waals surface area (Å²) < 4.78 is 12.0. The van der Waals surface area contributed by atoms with E-state index in [2.05, 4.69) is 94.1 Å². The first-order chi connectivity index (χ1) is 37.5. The molecule has 5 aromatic rings. The maximum atomic E-state index is 11.2. The minimum atomic E-state index is 0.453. The third kappa shape index (κ3) is 26.4. The smallest absolute Gasteiger partial charge is 0.161 e. The van der Waals surface area contributed by atoms with Crippen molar-refractivity contribution >= 4 is 46.2 Å². The normalized spacial score (nSPS) is 11.5.